The fourth-order valence-corrected chi connectivity index (χ4v) is 1.74. The van der Waals surface area contributed by atoms with Gasteiger partial charge < -0.3 is 14.2 Å². The fraction of sp³-hybridized carbons (Fsp3) is 0.917. The number of esters is 1. The second kappa shape index (κ2) is 7.63. The van der Waals surface area contributed by atoms with Crippen molar-refractivity contribution in [2.75, 3.05) is 19.8 Å². The molecule has 4 nitrogen and oxygen atoms in total. The fourth-order valence-electron chi connectivity index (χ4n) is 1.74. The van der Waals surface area contributed by atoms with Gasteiger partial charge in [-0.25, -0.2) is 0 Å². The monoisotopic (exact) mass is 230 g/mol. The molecule has 0 saturated carbocycles. The molecule has 1 saturated heterocycles. The lowest BCUT2D eigenvalue weighted by atomic mass is 10.2. The van der Waals surface area contributed by atoms with Gasteiger partial charge in [-0.1, -0.05) is 6.92 Å². The van der Waals surface area contributed by atoms with E-state index >= 15 is 0 Å². The second-order valence-electron chi connectivity index (χ2n) is 4.05. The molecule has 2 atom stereocenters. The molecular weight excluding hydrogens is 208 g/mol. The maximum absolute atomic E-state index is 11.2. The van der Waals surface area contributed by atoms with Crippen LogP contribution in [0.4, 0.5) is 0 Å². The molecule has 0 spiro atoms. The van der Waals surface area contributed by atoms with Gasteiger partial charge in [0, 0.05) is 13.0 Å². The van der Waals surface area contributed by atoms with Gasteiger partial charge in [0.25, 0.3) is 0 Å². The van der Waals surface area contributed by atoms with E-state index in [-0.39, 0.29) is 18.2 Å². The van der Waals surface area contributed by atoms with Crippen molar-refractivity contribution in [1.29, 1.82) is 0 Å². The van der Waals surface area contributed by atoms with E-state index in [1.165, 1.54) is 0 Å². The van der Waals surface area contributed by atoms with Gasteiger partial charge in [0.2, 0.25) is 0 Å². The Morgan fingerprint density at radius 1 is 1.25 bits per heavy atom. The molecule has 1 aliphatic rings. The molecule has 1 heterocycles. The molecule has 1 rings (SSSR count). The summed E-state index contributed by atoms with van der Waals surface area (Å²) in [5.74, 6) is -0.126. The number of carbonyl (C=O) groups excluding carboxylic acids is 1. The van der Waals surface area contributed by atoms with Gasteiger partial charge in [0.15, 0.2) is 0 Å². The topological polar surface area (TPSA) is 44.8 Å². The van der Waals surface area contributed by atoms with Gasteiger partial charge in [-0.15, -0.1) is 0 Å². The molecule has 0 aromatic carbocycles. The van der Waals surface area contributed by atoms with E-state index in [4.69, 9.17) is 14.2 Å². The zero-order chi connectivity index (χ0) is 11.8. The van der Waals surface area contributed by atoms with Crippen molar-refractivity contribution >= 4 is 5.97 Å². The first-order chi connectivity index (χ1) is 7.76. The first kappa shape index (κ1) is 13.5. The number of hydrogen-bond donors (Lipinski definition) is 0. The van der Waals surface area contributed by atoms with Crippen LogP contribution < -0.4 is 0 Å². The van der Waals surface area contributed by atoms with E-state index in [1.54, 1.807) is 0 Å². The van der Waals surface area contributed by atoms with Crippen LogP contribution in [0, 0.1) is 0 Å². The van der Waals surface area contributed by atoms with E-state index < -0.39 is 0 Å². The van der Waals surface area contributed by atoms with Gasteiger partial charge in [-0.3, -0.25) is 4.79 Å². The van der Waals surface area contributed by atoms with Crippen LogP contribution in [0.1, 0.15) is 39.5 Å². The van der Waals surface area contributed by atoms with Crippen molar-refractivity contribution in [1.82, 2.24) is 0 Å². The Balaban J connectivity index is 2.09. The van der Waals surface area contributed by atoms with Crippen molar-refractivity contribution < 1.29 is 19.0 Å². The van der Waals surface area contributed by atoms with Crippen molar-refractivity contribution in [3.8, 4) is 0 Å². The van der Waals surface area contributed by atoms with Crippen LogP contribution in [0.25, 0.3) is 0 Å². The van der Waals surface area contributed by atoms with E-state index in [2.05, 4.69) is 0 Å². The summed E-state index contributed by atoms with van der Waals surface area (Å²) in [6.45, 7) is 5.69. The minimum atomic E-state index is -0.126. The Bertz CT molecular complexity index is 205. The highest BCUT2D eigenvalue weighted by atomic mass is 16.6. The van der Waals surface area contributed by atoms with Crippen molar-refractivity contribution in [2.24, 2.45) is 0 Å². The van der Waals surface area contributed by atoms with Gasteiger partial charge in [-0.2, -0.15) is 0 Å². The Morgan fingerprint density at radius 3 is 2.56 bits per heavy atom. The smallest absolute Gasteiger partial charge is 0.305 e. The third-order valence-electron chi connectivity index (χ3n) is 2.59. The van der Waals surface area contributed by atoms with E-state index in [0.29, 0.717) is 19.6 Å². The summed E-state index contributed by atoms with van der Waals surface area (Å²) in [5.41, 5.74) is 0. The largest absolute Gasteiger partial charge is 0.463 e. The van der Waals surface area contributed by atoms with E-state index in [1.807, 2.05) is 13.8 Å². The number of hydrogen-bond acceptors (Lipinski definition) is 4. The lowest BCUT2D eigenvalue weighted by molar-refractivity contribution is -0.148. The maximum atomic E-state index is 11.2. The predicted octanol–water partition coefficient (Wildman–Crippen LogP) is 1.91. The summed E-state index contributed by atoms with van der Waals surface area (Å²) in [5, 5.41) is 0. The minimum Gasteiger partial charge on any atom is -0.463 e. The van der Waals surface area contributed by atoms with Crippen LogP contribution in [0.5, 0.6) is 0 Å². The van der Waals surface area contributed by atoms with Crippen LogP contribution in [0.15, 0.2) is 0 Å². The Kier molecular flexibility index (Phi) is 6.42. The third-order valence-corrected chi connectivity index (χ3v) is 2.59. The summed E-state index contributed by atoms with van der Waals surface area (Å²) in [4.78, 5) is 11.2. The normalized spacial score (nSPS) is 24.6. The molecule has 0 aromatic heterocycles. The SMILES string of the molecule is CCCC(=O)OC[C@H]1CC[C@@H](COCC)O1. The maximum Gasteiger partial charge on any atom is 0.305 e. The van der Waals surface area contributed by atoms with Crippen molar-refractivity contribution in [3.63, 3.8) is 0 Å². The van der Waals surface area contributed by atoms with Crippen LogP contribution in [-0.4, -0.2) is 38.0 Å². The van der Waals surface area contributed by atoms with Gasteiger partial charge >= 0.3 is 5.97 Å². The Morgan fingerprint density at radius 2 is 1.94 bits per heavy atom. The highest BCUT2D eigenvalue weighted by Gasteiger charge is 2.26. The molecule has 0 radical (unpaired) electrons. The number of rotatable bonds is 7. The highest BCUT2D eigenvalue weighted by molar-refractivity contribution is 5.69. The van der Waals surface area contributed by atoms with E-state index in [0.717, 1.165) is 25.9 Å². The Labute approximate surface area is 97.2 Å². The molecule has 0 aliphatic carbocycles. The second-order valence-corrected chi connectivity index (χ2v) is 4.05. The van der Waals surface area contributed by atoms with E-state index in [9.17, 15) is 4.79 Å². The summed E-state index contributed by atoms with van der Waals surface area (Å²) >= 11 is 0. The molecule has 0 amide bonds. The number of carbonyl (C=O) groups is 1. The third kappa shape index (κ3) is 4.94. The van der Waals surface area contributed by atoms with Crippen LogP contribution in [-0.2, 0) is 19.0 Å². The molecule has 94 valence electrons. The number of ether oxygens (including phenoxy) is 3. The minimum absolute atomic E-state index is 0.0614. The van der Waals surface area contributed by atoms with Crippen molar-refractivity contribution in [2.45, 2.75) is 51.7 Å². The standard InChI is InChI=1S/C12H22O4/c1-3-5-12(13)15-9-11-7-6-10(16-11)8-14-4-2/h10-11H,3-9H2,1-2H3/t10-,11+/m0/s1. The van der Waals surface area contributed by atoms with Crippen LogP contribution >= 0.6 is 0 Å². The molecule has 4 heteroatoms. The summed E-state index contributed by atoms with van der Waals surface area (Å²) in [7, 11) is 0. The molecule has 1 aliphatic heterocycles. The molecule has 0 N–H and O–H groups in total. The zero-order valence-corrected chi connectivity index (χ0v) is 10.2. The molecule has 1 fully saturated rings. The lowest BCUT2D eigenvalue weighted by Crippen LogP contribution is -2.21. The summed E-state index contributed by atoms with van der Waals surface area (Å²) in [6.07, 6.45) is 3.51. The quantitative estimate of drug-likeness (QED) is 0.627. The first-order valence-corrected chi connectivity index (χ1v) is 6.15. The summed E-state index contributed by atoms with van der Waals surface area (Å²) < 4.78 is 16.1. The average molecular weight is 230 g/mol. The van der Waals surface area contributed by atoms with Crippen LogP contribution in [0.2, 0.25) is 0 Å². The molecule has 0 unspecified atom stereocenters. The predicted molar refractivity (Wildman–Crippen MR) is 60.3 cm³/mol. The van der Waals surface area contributed by atoms with Gasteiger partial charge in [0.05, 0.1) is 18.8 Å². The zero-order valence-electron chi connectivity index (χ0n) is 10.2. The Hall–Kier alpha value is -0.610. The molecule has 16 heavy (non-hydrogen) atoms. The van der Waals surface area contributed by atoms with Gasteiger partial charge in [0.1, 0.15) is 6.61 Å². The van der Waals surface area contributed by atoms with Crippen LogP contribution in [0.3, 0.4) is 0 Å². The van der Waals surface area contributed by atoms with Gasteiger partial charge in [-0.05, 0) is 26.2 Å². The molecule has 0 aromatic rings. The average Bonchev–Trinajstić information content (AvgIpc) is 2.72. The highest BCUT2D eigenvalue weighted by Crippen LogP contribution is 2.20. The first-order valence-electron chi connectivity index (χ1n) is 6.15. The van der Waals surface area contributed by atoms with Crippen molar-refractivity contribution in [3.05, 3.63) is 0 Å². The lowest BCUT2D eigenvalue weighted by Gasteiger charge is -2.13. The molecule has 0 bridgehead atoms. The molecular formula is C12H22O4. The summed E-state index contributed by atoms with van der Waals surface area (Å²) in [6, 6.07) is 0.